The van der Waals surface area contributed by atoms with Gasteiger partial charge in [-0.05, 0) is 44.1 Å². The molecule has 1 amide bonds. The van der Waals surface area contributed by atoms with E-state index in [4.69, 9.17) is 9.47 Å². The van der Waals surface area contributed by atoms with Crippen LogP contribution >= 0.6 is 0 Å². The Kier molecular flexibility index (Phi) is 7.18. The van der Waals surface area contributed by atoms with Crippen LogP contribution in [0.1, 0.15) is 64.9 Å². The minimum atomic E-state index is -0.788. The second-order valence-electron chi connectivity index (χ2n) is 9.62. The third kappa shape index (κ3) is 6.18. The summed E-state index contributed by atoms with van der Waals surface area (Å²) in [5.41, 5.74) is -0.203. The lowest BCUT2D eigenvalue weighted by atomic mass is 9.62. The number of nitrogens with zero attached hydrogens (tertiary/aromatic N) is 1. The number of rotatable bonds is 8. The van der Waals surface area contributed by atoms with E-state index in [9.17, 15) is 19.7 Å². The molecular weight excluding hydrogens is 400 g/mol. The summed E-state index contributed by atoms with van der Waals surface area (Å²) in [6, 6.07) is 5.22. The van der Waals surface area contributed by atoms with Gasteiger partial charge < -0.3 is 14.8 Å². The molecule has 1 N–H and O–H groups in total. The molecule has 8 nitrogen and oxygen atoms in total. The summed E-state index contributed by atoms with van der Waals surface area (Å²) in [5, 5.41) is 13.8. The number of esters is 1. The maximum atomic E-state index is 13.1. The van der Waals surface area contributed by atoms with Crippen molar-refractivity contribution >= 4 is 17.7 Å². The zero-order valence-corrected chi connectivity index (χ0v) is 18.5. The van der Waals surface area contributed by atoms with E-state index in [1.54, 1.807) is 32.9 Å². The van der Waals surface area contributed by atoms with Crippen molar-refractivity contribution in [3.8, 4) is 0 Å². The predicted molar refractivity (Wildman–Crippen MR) is 114 cm³/mol. The summed E-state index contributed by atoms with van der Waals surface area (Å²) < 4.78 is 10.9. The average molecular weight is 433 g/mol. The SMILES string of the molecule is CC(C)(C)OC(=O)N[C@@H](C(=O)OCc1cccc([N+](=O)[O-])c1)C(C1CCC1)C1CCC1. The Morgan fingerprint density at radius 2 is 1.77 bits per heavy atom. The van der Waals surface area contributed by atoms with Crippen LogP contribution in [-0.4, -0.2) is 28.6 Å². The van der Waals surface area contributed by atoms with Gasteiger partial charge in [0.2, 0.25) is 0 Å². The van der Waals surface area contributed by atoms with E-state index in [0.29, 0.717) is 17.4 Å². The summed E-state index contributed by atoms with van der Waals surface area (Å²) in [7, 11) is 0. The van der Waals surface area contributed by atoms with Crippen molar-refractivity contribution in [3.63, 3.8) is 0 Å². The van der Waals surface area contributed by atoms with E-state index in [1.807, 2.05) is 0 Å². The number of non-ortho nitro benzene ring substituents is 1. The molecule has 170 valence electrons. The van der Waals surface area contributed by atoms with E-state index >= 15 is 0 Å². The molecule has 1 atom stereocenters. The predicted octanol–water partition coefficient (Wildman–Crippen LogP) is 4.75. The van der Waals surface area contributed by atoms with Crippen molar-refractivity contribution in [1.82, 2.24) is 5.32 Å². The van der Waals surface area contributed by atoms with Gasteiger partial charge in [0.25, 0.3) is 5.69 Å². The lowest BCUT2D eigenvalue weighted by molar-refractivity contribution is -0.384. The molecule has 0 spiro atoms. The molecule has 1 aromatic rings. The summed E-state index contributed by atoms with van der Waals surface area (Å²) in [6.45, 7) is 5.24. The number of amides is 1. The first-order valence-electron chi connectivity index (χ1n) is 11.0. The van der Waals surface area contributed by atoms with Gasteiger partial charge in [0.15, 0.2) is 0 Å². The van der Waals surface area contributed by atoms with Gasteiger partial charge in [-0.3, -0.25) is 10.1 Å². The molecule has 2 aliphatic rings. The highest BCUT2D eigenvalue weighted by Gasteiger charge is 2.45. The van der Waals surface area contributed by atoms with Crippen molar-refractivity contribution in [3.05, 3.63) is 39.9 Å². The van der Waals surface area contributed by atoms with Crippen LogP contribution < -0.4 is 5.32 Å². The number of carbonyl (C=O) groups is 2. The highest BCUT2D eigenvalue weighted by Crippen LogP contribution is 2.46. The largest absolute Gasteiger partial charge is 0.459 e. The number of ether oxygens (including phenoxy) is 2. The first-order chi connectivity index (χ1) is 14.6. The second-order valence-corrected chi connectivity index (χ2v) is 9.62. The summed E-state index contributed by atoms with van der Waals surface area (Å²) >= 11 is 0. The maximum Gasteiger partial charge on any atom is 0.408 e. The molecule has 1 aromatic carbocycles. The van der Waals surface area contributed by atoms with Crippen LogP contribution in [0.3, 0.4) is 0 Å². The van der Waals surface area contributed by atoms with E-state index in [0.717, 1.165) is 38.5 Å². The number of nitro benzene ring substituents is 1. The van der Waals surface area contributed by atoms with Crippen LogP contribution in [0.4, 0.5) is 10.5 Å². The quantitative estimate of drug-likeness (QED) is 0.361. The lowest BCUT2D eigenvalue weighted by Gasteiger charge is -2.45. The Bertz CT molecular complexity index is 797. The summed E-state index contributed by atoms with van der Waals surface area (Å²) in [6.07, 6.45) is 5.83. The van der Waals surface area contributed by atoms with Crippen LogP contribution in [0.2, 0.25) is 0 Å². The standard InChI is InChI=1S/C23H32N2O6/c1-23(2,3)31-22(27)24-20(19(16-8-5-9-16)17-10-6-11-17)21(26)30-14-15-7-4-12-18(13-15)25(28)29/h4,7,12-13,16-17,19-20H,5-6,8-11,14H2,1-3H3,(H,24,27)/t20-/m1/s1. The van der Waals surface area contributed by atoms with Crippen LogP contribution in [0.25, 0.3) is 0 Å². The fourth-order valence-corrected chi connectivity index (χ4v) is 4.33. The Balaban J connectivity index is 1.74. The number of carbonyl (C=O) groups excluding carboxylic acids is 2. The molecule has 3 rings (SSSR count). The average Bonchev–Trinajstić information content (AvgIpc) is 2.59. The fourth-order valence-electron chi connectivity index (χ4n) is 4.33. The monoisotopic (exact) mass is 432 g/mol. The van der Waals surface area contributed by atoms with Gasteiger partial charge in [-0.1, -0.05) is 50.7 Å². The molecular formula is C23H32N2O6. The van der Waals surface area contributed by atoms with Gasteiger partial charge in [0.1, 0.15) is 18.2 Å². The number of hydrogen-bond donors (Lipinski definition) is 1. The number of benzene rings is 1. The number of nitro groups is 1. The Hall–Kier alpha value is -2.64. The molecule has 0 aromatic heterocycles. The molecule has 0 unspecified atom stereocenters. The van der Waals surface area contributed by atoms with E-state index in [1.165, 1.54) is 12.1 Å². The lowest BCUT2D eigenvalue weighted by Crippen LogP contribution is -2.54. The number of nitrogens with one attached hydrogen (secondary N) is 1. The summed E-state index contributed by atoms with van der Waals surface area (Å²) in [4.78, 5) is 36.2. The third-order valence-electron chi connectivity index (χ3n) is 6.20. The van der Waals surface area contributed by atoms with Gasteiger partial charge >= 0.3 is 12.1 Å². The Labute approximate surface area is 182 Å². The molecule has 0 saturated heterocycles. The van der Waals surface area contributed by atoms with Crippen molar-refractivity contribution in [2.75, 3.05) is 0 Å². The molecule has 2 saturated carbocycles. The third-order valence-corrected chi connectivity index (χ3v) is 6.20. The fraction of sp³-hybridized carbons (Fsp3) is 0.652. The van der Waals surface area contributed by atoms with Crippen LogP contribution in [-0.2, 0) is 20.9 Å². The number of alkyl carbamates (subject to hydrolysis) is 1. The Morgan fingerprint density at radius 1 is 1.16 bits per heavy atom. The maximum absolute atomic E-state index is 13.1. The normalized spacial score (nSPS) is 17.9. The molecule has 0 heterocycles. The molecule has 0 radical (unpaired) electrons. The first-order valence-corrected chi connectivity index (χ1v) is 11.0. The smallest absolute Gasteiger partial charge is 0.408 e. The molecule has 2 fully saturated rings. The van der Waals surface area contributed by atoms with Gasteiger partial charge in [-0.15, -0.1) is 0 Å². The summed E-state index contributed by atoms with van der Waals surface area (Å²) in [5.74, 6) is 0.278. The Morgan fingerprint density at radius 3 is 2.26 bits per heavy atom. The van der Waals surface area contributed by atoms with Crippen LogP contribution in [0.5, 0.6) is 0 Å². The minimum absolute atomic E-state index is 0.0210. The van der Waals surface area contributed by atoms with Crippen molar-refractivity contribution in [2.45, 2.75) is 77.5 Å². The van der Waals surface area contributed by atoms with Gasteiger partial charge in [0.05, 0.1) is 4.92 Å². The first kappa shape index (κ1) is 23.0. The van der Waals surface area contributed by atoms with Crippen LogP contribution in [0.15, 0.2) is 24.3 Å². The molecule has 0 aliphatic heterocycles. The topological polar surface area (TPSA) is 108 Å². The van der Waals surface area contributed by atoms with Gasteiger partial charge in [-0.2, -0.15) is 0 Å². The van der Waals surface area contributed by atoms with Gasteiger partial charge in [0, 0.05) is 12.1 Å². The van der Waals surface area contributed by atoms with Gasteiger partial charge in [-0.25, -0.2) is 9.59 Å². The van der Waals surface area contributed by atoms with E-state index in [2.05, 4.69) is 5.32 Å². The highest BCUT2D eigenvalue weighted by molar-refractivity contribution is 5.82. The molecule has 31 heavy (non-hydrogen) atoms. The van der Waals surface area contributed by atoms with Crippen molar-refractivity contribution < 1.29 is 24.0 Å². The van der Waals surface area contributed by atoms with E-state index in [-0.39, 0.29) is 18.2 Å². The van der Waals surface area contributed by atoms with Crippen molar-refractivity contribution in [1.29, 1.82) is 0 Å². The molecule has 0 bridgehead atoms. The van der Waals surface area contributed by atoms with Crippen molar-refractivity contribution in [2.24, 2.45) is 17.8 Å². The zero-order chi connectivity index (χ0) is 22.6. The second kappa shape index (κ2) is 9.66. The van der Waals surface area contributed by atoms with E-state index < -0.39 is 28.6 Å². The molecule has 8 heteroatoms. The van der Waals surface area contributed by atoms with Crippen LogP contribution in [0, 0.1) is 27.9 Å². The number of hydrogen-bond acceptors (Lipinski definition) is 6. The molecule has 2 aliphatic carbocycles. The minimum Gasteiger partial charge on any atom is -0.459 e. The zero-order valence-electron chi connectivity index (χ0n) is 18.5. The highest BCUT2D eigenvalue weighted by atomic mass is 16.6.